The van der Waals surface area contributed by atoms with Crippen molar-refractivity contribution in [1.82, 2.24) is 10.2 Å². The third kappa shape index (κ3) is 8.19. The molecule has 35 heavy (non-hydrogen) atoms. The molecule has 1 N–H and O–H groups in total. The maximum atomic E-state index is 13.3. The number of carbonyl (C=O) groups is 2. The van der Waals surface area contributed by atoms with E-state index in [9.17, 15) is 9.59 Å². The van der Waals surface area contributed by atoms with Crippen LogP contribution < -0.4 is 19.5 Å². The van der Waals surface area contributed by atoms with Crippen LogP contribution in [0.25, 0.3) is 0 Å². The van der Waals surface area contributed by atoms with Crippen LogP contribution in [0, 0.1) is 0 Å². The molecule has 0 bridgehead atoms. The summed E-state index contributed by atoms with van der Waals surface area (Å²) in [5.41, 5.74) is 0.950. The van der Waals surface area contributed by atoms with Crippen LogP contribution in [-0.4, -0.2) is 49.6 Å². The molecule has 1 saturated carbocycles. The minimum Gasteiger partial charge on any atom is -0.497 e. The summed E-state index contributed by atoms with van der Waals surface area (Å²) >= 11 is 0. The van der Waals surface area contributed by atoms with Crippen molar-refractivity contribution in [1.29, 1.82) is 0 Å². The first kappa shape index (κ1) is 26.4. The van der Waals surface area contributed by atoms with Crippen molar-refractivity contribution in [3.63, 3.8) is 0 Å². The van der Waals surface area contributed by atoms with Crippen molar-refractivity contribution in [3.05, 3.63) is 54.1 Å². The van der Waals surface area contributed by atoms with E-state index in [-0.39, 0.29) is 17.9 Å². The lowest BCUT2D eigenvalue weighted by Gasteiger charge is -2.31. The summed E-state index contributed by atoms with van der Waals surface area (Å²) in [6.07, 6.45) is 6.38. The first-order valence-electron chi connectivity index (χ1n) is 12.5. The zero-order valence-corrected chi connectivity index (χ0v) is 21.1. The van der Waals surface area contributed by atoms with E-state index in [2.05, 4.69) is 5.32 Å². The molecular weight excluding hydrogens is 444 g/mol. The zero-order chi connectivity index (χ0) is 25.0. The van der Waals surface area contributed by atoms with Crippen molar-refractivity contribution in [2.45, 2.75) is 70.5 Å². The standard InChI is InChI=1S/C28H38N2O5/c1-21(28(32)29-23-8-5-4-6-9-23)30(20-22-11-13-24(33-2)14-12-22)27(31)10-7-19-35-26-17-15-25(34-3)16-18-26/h11-18,21,23H,4-10,19-20H2,1-3H3,(H,29,32)/t21-/m1/s1. The highest BCUT2D eigenvalue weighted by Crippen LogP contribution is 2.20. The Balaban J connectivity index is 1.59. The van der Waals surface area contributed by atoms with E-state index in [4.69, 9.17) is 14.2 Å². The van der Waals surface area contributed by atoms with Crippen molar-refractivity contribution in [2.75, 3.05) is 20.8 Å². The van der Waals surface area contributed by atoms with Crippen molar-refractivity contribution in [3.8, 4) is 17.2 Å². The van der Waals surface area contributed by atoms with Gasteiger partial charge in [-0.15, -0.1) is 0 Å². The minimum atomic E-state index is -0.561. The molecule has 0 unspecified atom stereocenters. The van der Waals surface area contributed by atoms with E-state index in [1.54, 1.807) is 19.1 Å². The van der Waals surface area contributed by atoms with Crippen LogP contribution in [0.3, 0.4) is 0 Å². The Bertz CT molecular complexity index is 923. The van der Waals surface area contributed by atoms with Gasteiger partial charge in [0.25, 0.3) is 0 Å². The Morgan fingerprint density at radius 2 is 1.49 bits per heavy atom. The highest BCUT2D eigenvalue weighted by atomic mass is 16.5. The van der Waals surface area contributed by atoms with Gasteiger partial charge >= 0.3 is 0 Å². The molecule has 0 radical (unpaired) electrons. The fraction of sp³-hybridized carbons (Fsp3) is 0.500. The van der Waals surface area contributed by atoms with Gasteiger partial charge in [0.15, 0.2) is 0 Å². The number of ether oxygens (including phenoxy) is 3. The van der Waals surface area contributed by atoms with Gasteiger partial charge in [-0.2, -0.15) is 0 Å². The Labute approximate surface area is 208 Å². The molecule has 0 aromatic heterocycles. The van der Waals surface area contributed by atoms with Crippen LogP contribution in [0.5, 0.6) is 17.2 Å². The van der Waals surface area contributed by atoms with Crippen LogP contribution in [0.2, 0.25) is 0 Å². The Hall–Kier alpha value is -3.22. The molecule has 190 valence electrons. The molecule has 7 heteroatoms. The van der Waals surface area contributed by atoms with Gasteiger partial charge in [-0.05, 0) is 68.1 Å². The van der Waals surface area contributed by atoms with E-state index in [1.165, 1.54) is 6.42 Å². The summed E-state index contributed by atoms with van der Waals surface area (Å²) in [5.74, 6) is 2.10. The number of hydrogen-bond donors (Lipinski definition) is 1. The Morgan fingerprint density at radius 3 is 2.09 bits per heavy atom. The molecule has 2 aromatic rings. The summed E-state index contributed by atoms with van der Waals surface area (Å²) in [4.78, 5) is 28.0. The first-order chi connectivity index (χ1) is 17.0. The summed E-state index contributed by atoms with van der Waals surface area (Å²) in [5, 5.41) is 3.17. The molecule has 2 amide bonds. The normalized spacial score (nSPS) is 14.6. The number of carbonyl (C=O) groups excluding carboxylic acids is 2. The molecule has 0 saturated heterocycles. The van der Waals surface area contributed by atoms with E-state index >= 15 is 0 Å². The number of nitrogens with one attached hydrogen (secondary N) is 1. The summed E-state index contributed by atoms with van der Waals surface area (Å²) in [7, 11) is 3.24. The predicted molar refractivity (Wildman–Crippen MR) is 136 cm³/mol. The van der Waals surface area contributed by atoms with E-state index in [0.717, 1.165) is 48.5 Å². The molecule has 1 aliphatic rings. The molecule has 7 nitrogen and oxygen atoms in total. The third-order valence-corrected chi connectivity index (χ3v) is 6.49. The Morgan fingerprint density at radius 1 is 0.914 bits per heavy atom. The molecule has 2 aromatic carbocycles. The van der Waals surface area contributed by atoms with Crippen molar-refractivity contribution >= 4 is 11.8 Å². The van der Waals surface area contributed by atoms with Gasteiger partial charge in [-0.25, -0.2) is 0 Å². The average molecular weight is 483 g/mol. The van der Waals surface area contributed by atoms with Crippen molar-refractivity contribution in [2.24, 2.45) is 0 Å². The second-order valence-electron chi connectivity index (χ2n) is 9.02. The SMILES string of the molecule is COc1ccc(CN(C(=O)CCCOc2ccc(OC)cc2)[C@H](C)C(=O)NC2CCCCC2)cc1. The summed E-state index contributed by atoms with van der Waals surface area (Å²) in [6.45, 7) is 2.59. The number of methoxy groups -OCH3 is 2. The minimum absolute atomic E-state index is 0.0644. The molecule has 1 fully saturated rings. The second-order valence-corrected chi connectivity index (χ2v) is 9.02. The topological polar surface area (TPSA) is 77.1 Å². The fourth-order valence-corrected chi connectivity index (χ4v) is 4.31. The van der Waals surface area contributed by atoms with Crippen LogP contribution in [0.15, 0.2) is 48.5 Å². The van der Waals surface area contributed by atoms with Crippen LogP contribution in [0.1, 0.15) is 57.4 Å². The molecule has 3 rings (SSSR count). The largest absolute Gasteiger partial charge is 0.497 e. The number of amides is 2. The summed E-state index contributed by atoms with van der Waals surface area (Å²) < 4.78 is 16.2. The second kappa shape index (κ2) is 13.6. The number of benzene rings is 2. The van der Waals surface area contributed by atoms with Crippen LogP contribution in [-0.2, 0) is 16.1 Å². The molecular formula is C28H38N2O5. The van der Waals surface area contributed by atoms with Crippen molar-refractivity contribution < 1.29 is 23.8 Å². The molecule has 0 aliphatic heterocycles. The zero-order valence-electron chi connectivity index (χ0n) is 21.1. The quantitative estimate of drug-likeness (QED) is 0.443. The number of nitrogens with zero attached hydrogens (tertiary/aromatic N) is 1. The monoisotopic (exact) mass is 482 g/mol. The number of hydrogen-bond acceptors (Lipinski definition) is 5. The third-order valence-electron chi connectivity index (χ3n) is 6.49. The van der Waals surface area contributed by atoms with Crippen LogP contribution in [0.4, 0.5) is 0 Å². The van der Waals surface area contributed by atoms with Gasteiger partial charge in [-0.3, -0.25) is 9.59 Å². The fourth-order valence-electron chi connectivity index (χ4n) is 4.31. The maximum Gasteiger partial charge on any atom is 0.242 e. The lowest BCUT2D eigenvalue weighted by atomic mass is 9.95. The van der Waals surface area contributed by atoms with Gasteiger partial charge in [-0.1, -0.05) is 31.4 Å². The maximum absolute atomic E-state index is 13.3. The number of rotatable bonds is 12. The molecule has 1 aliphatic carbocycles. The average Bonchev–Trinajstić information content (AvgIpc) is 2.90. The summed E-state index contributed by atoms with van der Waals surface area (Å²) in [6, 6.07) is 14.6. The highest BCUT2D eigenvalue weighted by molar-refractivity contribution is 5.87. The van der Waals surface area contributed by atoms with Gasteiger partial charge in [0.1, 0.15) is 23.3 Å². The Kier molecular flexibility index (Phi) is 10.3. The van der Waals surface area contributed by atoms with Gasteiger partial charge in [0.05, 0.1) is 20.8 Å². The van der Waals surface area contributed by atoms with Gasteiger partial charge in [0, 0.05) is 19.0 Å². The highest BCUT2D eigenvalue weighted by Gasteiger charge is 2.27. The molecule has 0 spiro atoms. The molecule has 0 heterocycles. The van der Waals surface area contributed by atoms with E-state index < -0.39 is 6.04 Å². The molecule has 1 atom stereocenters. The lowest BCUT2D eigenvalue weighted by Crippen LogP contribution is -2.50. The lowest BCUT2D eigenvalue weighted by molar-refractivity contribution is -0.141. The first-order valence-corrected chi connectivity index (χ1v) is 12.5. The smallest absolute Gasteiger partial charge is 0.242 e. The van der Waals surface area contributed by atoms with Crippen LogP contribution >= 0.6 is 0 Å². The van der Waals surface area contributed by atoms with Gasteiger partial charge in [0.2, 0.25) is 11.8 Å². The van der Waals surface area contributed by atoms with Gasteiger partial charge < -0.3 is 24.4 Å². The van der Waals surface area contributed by atoms with E-state index in [1.807, 2.05) is 55.5 Å². The predicted octanol–water partition coefficient (Wildman–Crippen LogP) is 4.73. The van der Waals surface area contributed by atoms with E-state index in [0.29, 0.717) is 26.0 Å².